The van der Waals surface area contributed by atoms with E-state index < -0.39 is 12.0 Å². The van der Waals surface area contributed by atoms with Crippen molar-refractivity contribution in [2.24, 2.45) is 5.73 Å². The number of hydrogen-bond acceptors (Lipinski definition) is 4. The lowest BCUT2D eigenvalue weighted by molar-refractivity contribution is -0.138. The maximum atomic E-state index is 10.6. The van der Waals surface area contributed by atoms with E-state index in [0.717, 1.165) is 17.8 Å². The number of nitrogens with two attached hydrogens (primary N) is 2. The molecule has 0 aliphatic rings. The molecule has 0 bridgehead atoms. The number of benzene rings is 1. The summed E-state index contributed by atoms with van der Waals surface area (Å²) >= 11 is 0. The zero-order valence-corrected chi connectivity index (χ0v) is 9.23. The molecule has 0 saturated heterocycles. The number of rotatable bonds is 5. The molecule has 1 rings (SSSR count). The number of hydrogen-bond donors (Lipinski definition) is 4. The van der Waals surface area contributed by atoms with Gasteiger partial charge in [-0.15, -0.1) is 0 Å². The molecule has 88 valence electrons. The minimum atomic E-state index is -1.01. The second-order valence-corrected chi connectivity index (χ2v) is 3.60. The van der Waals surface area contributed by atoms with Crippen molar-refractivity contribution >= 4 is 17.3 Å². The molecule has 1 aromatic carbocycles. The van der Waals surface area contributed by atoms with E-state index in [2.05, 4.69) is 5.32 Å². The van der Waals surface area contributed by atoms with Crippen LogP contribution in [0.1, 0.15) is 12.5 Å². The molecule has 0 amide bonds. The van der Waals surface area contributed by atoms with Crippen LogP contribution in [0.2, 0.25) is 0 Å². The second kappa shape index (κ2) is 5.37. The summed E-state index contributed by atoms with van der Waals surface area (Å²) in [6.45, 7) is 2.77. The molecule has 0 aromatic heterocycles. The maximum Gasteiger partial charge on any atom is 0.320 e. The SMILES string of the molecule is CCNc1ccc(C[C@H](N)C(=O)O)cc1N. The number of carboxylic acids is 1. The van der Waals surface area contributed by atoms with Crippen LogP contribution in [0.4, 0.5) is 11.4 Å². The molecule has 0 heterocycles. The largest absolute Gasteiger partial charge is 0.480 e. The average Bonchev–Trinajstić information content (AvgIpc) is 2.22. The van der Waals surface area contributed by atoms with Crippen molar-refractivity contribution in [2.75, 3.05) is 17.6 Å². The Labute approximate surface area is 94.4 Å². The van der Waals surface area contributed by atoms with Crippen molar-refractivity contribution in [1.29, 1.82) is 0 Å². The van der Waals surface area contributed by atoms with Gasteiger partial charge in [0.2, 0.25) is 0 Å². The predicted molar refractivity (Wildman–Crippen MR) is 64.3 cm³/mol. The van der Waals surface area contributed by atoms with Crippen LogP contribution < -0.4 is 16.8 Å². The number of aliphatic carboxylic acids is 1. The van der Waals surface area contributed by atoms with E-state index in [1.807, 2.05) is 19.1 Å². The Bertz CT molecular complexity index is 379. The van der Waals surface area contributed by atoms with Gasteiger partial charge in [0.05, 0.1) is 11.4 Å². The third-order valence-electron chi connectivity index (χ3n) is 2.26. The topological polar surface area (TPSA) is 101 Å². The quantitative estimate of drug-likeness (QED) is 0.549. The zero-order chi connectivity index (χ0) is 12.1. The van der Waals surface area contributed by atoms with Crippen molar-refractivity contribution in [3.05, 3.63) is 23.8 Å². The fraction of sp³-hybridized carbons (Fsp3) is 0.364. The minimum absolute atomic E-state index is 0.284. The van der Waals surface area contributed by atoms with Gasteiger partial charge in [0.25, 0.3) is 0 Å². The van der Waals surface area contributed by atoms with Crippen molar-refractivity contribution in [3.8, 4) is 0 Å². The highest BCUT2D eigenvalue weighted by atomic mass is 16.4. The third-order valence-corrected chi connectivity index (χ3v) is 2.26. The molecule has 0 unspecified atom stereocenters. The number of nitrogens with one attached hydrogen (secondary N) is 1. The molecule has 0 radical (unpaired) electrons. The molecule has 0 spiro atoms. The first kappa shape index (κ1) is 12.3. The molecular weight excluding hydrogens is 206 g/mol. The van der Waals surface area contributed by atoms with E-state index in [9.17, 15) is 4.79 Å². The zero-order valence-electron chi connectivity index (χ0n) is 9.23. The lowest BCUT2D eigenvalue weighted by Crippen LogP contribution is -2.32. The number of carbonyl (C=O) groups is 1. The predicted octanol–water partition coefficient (Wildman–Crippen LogP) is 0.655. The molecule has 1 atom stereocenters. The maximum absolute atomic E-state index is 10.6. The summed E-state index contributed by atoms with van der Waals surface area (Å²) in [5.74, 6) is -1.01. The molecule has 0 aliphatic carbocycles. The van der Waals surface area contributed by atoms with Gasteiger partial charge in [-0.25, -0.2) is 0 Å². The fourth-order valence-electron chi connectivity index (χ4n) is 1.43. The normalized spacial score (nSPS) is 12.1. The van der Waals surface area contributed by atoms with Crippen LogP contribution in [0.15, 0.2) is 18.2 Å². The Morgan fingerprint density at radius 2 is 2.25 bits per heavy atom. The Hall–Kier alpha value is -1.75. The van der Waals surface area contributed by atoms with Crippen molar-refractivity contribution in [2.45, 2.75) is 19.4 Å². The van der Waals surface area contributed by atoms with E-state index in [0.29, 0.717) is 5.69 Å². The van der Waals surface area contributed by atoms with Gasteiger partial charge in [-0.1, -0.05) is 6.07 Å². The van der Waals surface area contributed by atoms with Gasteiger partial charge >= 0.3 is 5.97 Å². The Balaban J connectivity index is 2.77. The summed E-state index contributed by atoms with van der Waals surface area (Å²) in [5.41, 5.74) is 13.5. The molecule has 0 fully saturated rings. The summed E-state index contributed by atoms with van der Waals surface area (Å²) in [6.07, 6.45) is 0.284. The standard InChI is InChI=1S/C11H17N3O2/c1-2-14-10-4-3-7(5-8(10)12)6-9(13)11(15)16/h3-5,9,14H,2,6,12-13H2,1H3,(H,15,16)/t9-/m0/s1. The minimum Gasteiger partial charge on any atom is -0.480 e. The molecular formula is C11H17N3O2. The highest BCUT2D eigenvalue weighted by Gasteiger charge is 2.12. The van der Waals surface area contributed by atoms with Crippen LogP contribution in [0.3, 0.4) is 0 Å². The molecule has 5 nitrogen and oxygen atoms in total. The average molecular weight is 223 g/mol. The molecule has 0 saturated carbocycles. The van der Waals surface area contributed by atoms with Gasteiger partial charge in [0, 0.05) is 6.54 Å². The summed E-state index contributed by atoms with van der Waals surface area (Å²) in [4.78, 5) is 10.6. The van der Waals surface area contributed by atoms with E-state index in [1.165, 1.54) is 0 Å². The molecule has 6 N–H and O–H groups in total. The lowest BCUT2D eigenvalue weighted by Gasteiger charge is -2.11. The van der Waals surface area contributed by atoms with Crippen molar-refractivity contribution < 1.29 is 9.90 Å². The second-order valence-electron chi connectivity index (χ2n) is 3.60. The number of carboxylic acid groups (broad SMARTS) is 1. The van der Waals surface area contributed by atoms with Gasteiger partial charge in [-0.05, 0) is 31.0 Å². The van der Waals surface area contributed by atoms with E-state index in [-0.39, 0.29) is 6.42 Å². The van der Waals surface area contributed by atoms with Crippen LogP contribution in [0.5, 0.6) is 0 Å². The van der Waals surface area contributed by atoms with Gasteiger partial charge in [-0.3, -0.25) is 4.79 Å². The number of nitrogen functional groups attached to an aromatic ring is 1. The van der Waals surface area contributed by atoms with Crippen molar-refractivity contribution in [1.82, 2.24) is 0 Å². The summed E-state index contributed by atoms with van der Waals surface area (Å²) < 4.78 is 0. The van der Waals surface area contributed by atoms with Crippen LogP contribution in [-0.4, -0.2) is 23.7 Å². The Morgan fingerprint density at radius 1 is 1.56 bits per heavy atom. The van der Waals surface area contributed by atoms with Gasteiger partial charge in [0.15, 0.2) is 0 Å². The summed E-state index contributed by atoms with van der Waals surface area (Å²) in [6, 6.07) is 4.53. The first-order valence-electron chi connectivity index (χ1n) is 5.15. The third kappa shape index (κ3) is 3.13. The van der Waals surface area contributed by atoms with E-state index in [1.54, 1.807) is 6.07 Å². The first-order chi connectivity index (χ1) is 7.54. The van der Waals surface area contributed by atoms with E-state index in [4.69, 9.17) is 16.6 Å². The first-order valence-corrected chi connectivity index (χ1v) is 5.15. The number of anilines is 2. The highest BCUT2D eigenvalue weighted by Crippen LogP contribution is 2.20. The van der Waals surface area contributed by atoms with Crippen molar-refractivity contribution in [3.63, 3.8) is 0 Å². The van der Waals surface area contributed by atoms with Crippen LogP contribution in [0.25, 0.3) is 0 Å². The van der Waals surface area contributed by atoms with Crippen LogP contribution in [0, 0.1) is 0 Å². The Morgan fingerprint density at radius 3 is 2.75 bits per heavy atom. The van der Waals surface area contributed by atoms with Gasteiger partial charge < -0.3 is 21.9 Å². The smallest absolute Gasteiger partial charge is 0.320 e. The molecule has 16 heavy (non-hydrogen) atoms. The molecule has 5 heteroatoms. The van der Waals surface area contributed by atoms with Crippen LogP contribution in [-0.2, 0) is 11.2 Å². The summed E-state index contributed by atoms with van der Waals surface area (Å²) in [7, 11) is 0. The summed E-state index contributed by atoms with van der Waals surface area (Å²) in [5, 5.41) is 11.8. The van der Waals surface area contributed by atoms with Crippen LogP contribution >= 0.6 is 0 Å². The molecule has 1 aromatic rings. The van der Waals surface area contributed by atoms with Gasteiger partial charge in [-0.2, -0.15) is 0 Å². The lowest BCUT2D eigenvalue weighted by atomic mass is 10.1. The monoisotopic (exact) mass is 223 g/mol. The van der Waals surface area contributed by atoms with E-state index >= 15 is 0 Å². The molecule has 0 aliphatic heterocycles. The fourth-order valence-corrected chi connectivity index (χ4v) is 1.43. The highest BCUT2D eigenvalue weighted by molar-refractivity contribution is 5.74. The Kier molecular flexibility index (Phi) is 4.13. The van der Waals surface area contributed by atoms with Gasteiger partial charge in [0.1, 0.15) is 6.04 Å².